The Labute approximate surface area is 120 Å². The average molecular weight is 274 g/mol. The lowest BCUT2D eigenvalue weighted by Crippen LogP contribution is -2.29. The van der Waals surface area contributed by atoms with Gasteiger partial charge in [0.15, 0.2) is 0 Å². The summed E-state index contributed by atoms with van der Waals surface area (Å²) in [5.74, 6) is -0.260. The molecule has 0 bridgehead atoms. The van der Waals surface area contributed by atoms with Crippen LogP contribution in [0.5, 0.6) is 0 Å². The number of carbonyl (C=O) groups excluding carboxylic acids is 1. The van der Waals surface area contributed by atoms with Crippen molar-refractivity contribution >= 4 is 12.4 Å². The minimum Gasteiger partial charge on any atom is -0.298 e. The molecular weight excluding hydrogens is 251 g/mol. The quantitative estimate of drug-likeness (QED) is 0.672. The Kier molecular flexibility index (Phi) is 3.86. The Bertz CT molecular complexity index is 535. The fourth-order valence-corrected chi connectivity index (χ4v) is 3.78. The molecule has 2 rings (SSSR count). The van der Waals surface area contributed by atoms with Crippen LogP contribution in [-0.2, 0) is 0 Å². The molecular formula is C18H23FO. The van der Waals surface area contributed by atoms with Crippen LogP contribution in [-0.4, -0.2) is 6.29 Å². The molecule has 0 aliphatic heterocycles. The van der Waals surface area contributed by atoms with E-state index in [9.17, 15) is 9.18 Å². The van der Waals surface area contributed by atoms with Crippen molar-refractivity contribution in [3.63, 3.8) is 0 Å². The number of carbonyl (C=O) groups is 1. The van der Waals surface area contributed by atoms with Crippen molar-refractivity contribution in [3.05, 3.63) is 40.7 Å². The predicted octanol–water partition coefficient (Wildman–Crippen LogP) is 5.26. The van der Waals surface area contributed by atoms with Crippen LogP contribution in [0.4, 0.5) is 4.39 Å². The van der Waals surface area contributed by atoms with Crippen molar-refractivity contribution in [1.29, 1.82) is 0 Å². The maximum Gasteiger partial charge on any atom is 0.150 e. The summed E-state index contributed by atoms with van der Waals surface area (Å²) in [6.07, 6.45) is 5.84. The third-order valence-electron chi connectivity index (χ3n) is 3.88. The van der Waals surface area contributed by atoms with Gasteiger partial charge in [0.1, 0.15) is 12.1 Å². The molecule has 0 aromatic heterocycles. The smallest absolute Gasteiger partial charge is 0.150 e. The summed E-state index contributed by atoms with van der Waals surface area (Å²) in [6, 6.07) is 4.51. The van der Waals surface area contributed by atoms with E-state index < -0.39 is 0 Å². The van der Waals surface area contributed by atoms with E-state index in [0.29, 0.717) is 11.1 Å². The zero-order chi connectivity index (χ0) is 15.0. The van der Waals surface area contributed by atoms with Crippen molar-refractivity contribution in [2.24, 2.45) is 10.8 Å². The highest BCUT2D eigenvalue weighted by Crippen LogP contribution is 2.48. The number of benzene rings is 1. The van der Waals surface area contributed by atoms with E-state index in [4.69, 9.17) is 0 Å². The lowest BCUT2D eigenvalue weighted by atomic mass is 9.63. The van der Waals surface area contributed by atoms with E-state index in [2.05, 4.69) is 27.7 Å². The van der Waals surface area contributed by atoms with Crippen LogP contribution in [0.15, 0.2) is 23.8 Å². The first kappa shape index (κ1) is 15.0. The largest absolute Gasteiger partial charge is 0.298 e. The maximum absolute atomic E-state index is 13.9. The van der Waals surface area contributed by atoms with Gasteiger partial charge in [-0.15, -0.1) is 0 Å². The van der Waals surface area contributed by atoms with E-state index >= 15 is 0 Å². The molecule has 0 radical (unpaired) electrons. The number of rotatable bonds is 2. The van der Waals surface area contributed by atoms with Crippen LogP contribution >= 0.6 is 0 Å². The Balaban J connectivity index is 2.37. The molecule has 1 aliphatic carbocycles. The van der Waals surface area contributed by atoms with Crippen LogP contribution in [0, 0.1) is 16.6 Å². The Morgan fingerprint density at radius 3 is 2.25 bits per heavy atom. The van der Waals surface area contributed by atoms with Gasteiger partial charge >= 0.3 is 0 Å². The molecule has 1 fully saturated rings. The molecule has 1 saturated carbocycles. The minimum atomic E-state index is -0.260. The van der Waals surface area contributed by atoms with E-state index in [-0.39, 0.29) is 16.6 Å². The van der Waals surface area contributed by atoms with Gasteiger partial charge in [0, 0.05) is 11.1 Å². The SMILES string of the molecule is CC1(C)CC(=Cc2cc(C=O)ccc2F)CC(C)(C)C1. The van der Waals surface area contributed by atoms with E-state index in [1.54, 1.807) is 6.07 Å². The molecule has 0 N–H and O–H groups in total. The van der Waals surface area contributed by atoms with Gasteiger partial charge < -0.3 is 0 Å². The second-order valence-corrected chi connectivity index (χ2v) is 7.56. The first-order chi connectivity index (χ1) is 9.21. The number of halogens is 1. The average Bonchev–Trinajstić information content (AvgIpc) is 2.28. The fraction of sp³-hybridized carbons (Fsp3) is 0.500. The molecule has 2 heteroatoms. The molecule has 0 atom stereocenters. The van der Waals surface area contributed by atoms with Gasteiger partial charge in [-0.25, -0.2) is 4.39 Å². The standard InChI is InChI=1S/C18H23FO/c1-17(2)9-14(10-18(3,4)12-17)8-15-7-13(11-20)5-6-16(15)19/h5-8,11H,9-10,12H2,1-4H3. The molecule has 0 amide bonds. The molecule has 108 valence electrons. The molecule has 20 heavy (non-hydrogen) atoms. The van der Waals surface area contributed by atoms with Crippen LogP contribution in [0.1, 0.15) is 62.9 Å². The molecule has 0 saturated heterocycles. The Morgan fingerprint density at radius 1 is 1.10 bits per heavy atom. The van der Waals surface area contributed by atoms with Gasteiger partial charge in [-0.3, -0.25) is 4.79 Å². The highest BCUT2D eigenvalue weighted by atomic mass is 19.1. The molecule has 1 aromatic rings. The molecule has 1 aromatic carbocycles. The summed E-state index contributed by atoms with van der Waals surface area (Å²) in [4.78, 5) is 10.8. The number of hydrogen-bond donors (Lipinski definition) is 0. The second-order valence-electron chi connectivity index (χ2n) is 7.56. The second kappa shape index (κ2) is 5.16. The highest BCUT2D eigenvalue weighted by Gasteiger charge is 2.35. The molecule has 0 unspecified atom stereocenters. The third-order valence-corrected chi connectivity index (χ3v) is 3.88. The highest BCUT2D eigenvalue weighted by molar-refractivity contribution is 5.76. The number of aldehydes is 1. The summed E-state index contributed by atoms with van der Waals surface area (Å²) in [6.45, 7) is 9.06. The molecule has 0 heterocycles. The third kappa shape index (κ3) is 3.56. The summed E-state index contributed by atoms with van der Waals surface area (Å²) in [5, 5.41) is 0. The van der Waals surface area contributed by atoms with Gasteiger partial charge in [-0.2, -0.15) is 0 Å². The van der Waals surface area contributed by atoms with Gasteiger partial charge in [0.05, 0.1) is 0 Å². The van der Waals surface area contributed by atoms with Gasteiger partial charge in [0.25, 0.3) is 0 Å². The molecule has 1 nitrogen and oxygen atoms in total. The minimum absolute atomic E-state index is 0.242. The first-order valence-corrected chi connectivity index (χ1v) is 7.15. The molecule has 1 aliphatic rings. The van der Waals surface area contributed by atoms with E-state index in [1.165, 1.54) is 24.1 Å². The van der Waals surface area contributed by atoms with Crippen molar-refractivity contribution in [2.75, 3.05) is 0 Å². The van der Waals surface area contributed by atoms with E-state index in [0.717, 1.165) is 19.1 Å². The van der Waals surface area contributed by atoms with Crippen LogP contribution in [0.3, 0.4) is 0 Å². The number of allylic oxidation sites excluding steroid dienone is 1. The zero-order valence-corrected chi connectivity index (χ0v) is 12.8. The van der Waals surface area contributed by atoms with Crippen molar-refractivity contribution < 1.29 is 9.18 Å². The van der Waals surface area contributed by atoms with E-state index in [1.807, 2.05) is 6.08 Å². The van der Waals surface area contributed by atoms with Gasteiger partial charge in [-0.05, 0) is 48.3 Å². The Hall–Kier alpha value is -1.44. The van der Waals surface area contributed by atoms with Crippen LogP contribution < -0.4 is 0 Å². The van der Waals surface area contributed by atoms with Crippen LogP contribution in [0.25, 0.3) is 6.08 Å². The topological polar surface area (TPSA) is 17.1 Å². The van der Waals surface area contributed by atoms with Crippen LogP contribution in [0.2, 0.25) is 0 Å². The summed E-state index contributed by atoms with van der Waals surface area (Å²) in [5.41, 5.74) is 2.80. The molecule has 0 spiro atoms. The Morgan fingerprint density at radius 2 is 1.70 bits per heavy atom. The fourth-order valence-electron chi connectivity index (χ4n) is 3.78. The normalized spacial score (nSPS) is 20.6. The zero-order valence-electron chi connectivity index (χ0n) is 12.8. The van der Waals surface area contributed by atoms with Crippen molar-refractivity contribution in [3.8, 4) is 0 Å². The van der Waals surface area contributed by atoms with Gasteiger partial charge in [0.2, 0.25) is 0 Å². The summed E-state index contributed by atoms with van der Waals surface area (Å²) < 4.78 is 13.9. The summed E-state index contributed by atoms with van der Waals surface area (Å²) >= 11 is 0. The van der Waals surface area contributed by atoms with Crippen molar-refractivity contribution in [1.82, 2.24) is 0 Å². The lowest BCUT2D eigenvalue weighted by Gasteiger charge is -2.42. The summed E-state index contributed by atoms with van der Waals surface area (Å²) in [7, 11) is 0. The van der Waals surface area contributed by atoms with Gasteiger partial charge in [-0.1, -0.05) is 39.3 Å². The first-order valence-electron chi connectivity index (χ1n) is 7.15. The number of hydrogen-bond acceptors (Lipinski definition) is 1. The van der Waals surface area contributed by atoms with Crippen molar-refractivity contribution in [2.45, 2.75) is 47.0 Å². The predicted molar refractivity (Wildman–Crippen MR) is 81.2 cm³/mol. The maximum atomic E-state index is 13.9. The lowest BCUT2D eigenvalue weighted by molar-refractivity contribution is 0.112. The monoisotopic (exact) mass is 274 g/mol.